The van der Waals surface area contributed by atoms with E-state index in [-0.39, 0.29) is 23.5 Å². The van der Waals surface area contributed by atoms with E-state index >= 15 is 0 Å². The van der Waals surface area contributed by atoms with Crippen LogP contribution in [0.5, 0.6) is 23.0 Å². The number of rotatable bonds is 3. The Kier molecular flexibility index (Phi) is 7.87. The number of aryl methyl sites for hydroxylation is 2. The van der Waals surface area contributed by atoms with Crippen LogP contribution in [-0.2, 0) is 10.8 Å². The third-order valence-corrected chi connectivity index (χ3v) is 12.2. The lowest BCUT2D eigenvalue weighted by atomic mass is 9.35. The first-order valence-electron chi connectivity index (χ1n) is 20.5. The Morgan fingerprint density at radius 1 is 0.579 bits per heavy atom. The lowest BCUT2D eigenvalue weighted by Crippen LogP contribution is -2.61. The molecule has 0 spiro atoms. The second-order valence-electron chi connectivity index (χ2n) is 18.6. The molecule has 0 aliphatic carbocycles. The van der Waals surface area contributed by atoms with Crippen LogP contribution < -0.4 is 45.3 Å². The molecule has 4 aliphatic rings. The van der Waals surface area contributed by atoms with Gasteiger partial charge in [0.25, 0.3) is 6.71 Å². The fraction of sp³-hybridized carbons (Fsp3) is 0.347. The van der Waals surface area contributed by atoms with Gasteiger partial charge in [0.05, 0.1) is 22.7 Å². The first kappa shape index (κ1) is 35.9. The zero-order valence-electron chi connectivity index (χ0n) is 34.8. The molecule has 5 heterocycles. The van der Waals surface area contributed by atoms with Crippen LogP contribution in [0.1, 0.15) is 89.1 Å². The van der Waals surface area contributed by atoms with Crippen LogP contribution in [0.2, 0.25) is 0 Å². The second kappa shape index (κ2) is 12.5. The van der Waals surface area contributed by atoms with E-state index in [2.05, 4.69) is 146 Å². The van der Waals surface area contributed by atoms with E-state index in [0.29, 0.717) is 26.4 Å². The predicted molar refractivity (Wildman–Crippen MR) is 233 cm³/mol. The van der Waals surface area contributed by atoms with Crippen molar-refractivity contribution in [3.63, 3.8) is 0 Å². The third-order valence-electron chi connectivity index (χ3n) is 12.2. The fourth-order valence-corrected chi connectivity index (χ4v) is 9.26. The average molecular weight is 759 g/mol. The van der Waals surface area contributed by atoms with Gasteiger partial charge in [-0.3, -0.25) is 0 Å². The van der Waals surface area contributed by atoms with Crippen LogP contribution in [0.4, 0.5) is 34.1 Å². The molecule has 0 radical (unpaired) electrons. The summed E-state index contributed by atoms with van der Waals surface area (Å²) in [6.45, 7) is 24.7. The lowest BCUT2D eigenvalue weighted by molar-refractivity contribution is 0.171. The van der Waals surface area contributed by atoms with Crippen LogP contribution in [0.3, 0.4) is 0 Å². The molecule has 0 unspecified atom stereocenters. The van der Waals surface area contributed by atoms with E-state index in [1.807, 2.05) is 6.07 Å². The summed E-state index contributed by atoms with van der Waals surface area (Å²) in [5.41, 5.74) is 16.9. The number of furan rings is 1. The highest BCUT2D eigenvalue weighted by Gasteiger charge is 2.48. The van der Waals surface area contributed by atoms with Gasteiger partial charge in [0.1, 0.15) is 32.0 Å². The van der Waals surface area contributed by atoms with Gasteiger partial charge in [-0.05, 0) is 112 Å². The summed E-state index contributed by atoms with van der Waals surface area (Å²) in [4.78, 5) is 4.93. The molecule has 0 amide bonds. The first-order chi connectivity index (χ1) is 27.2. The summed E-state index contributed by atoms with van der Waals surface area (Å²) in [5.74, 6) is 3.27. The third kappa shape index (κ3) is 5.54. The SMILES string of the molecule is Cc1cc(C(C)(C)C)cc(C)c1N1c2cc(C(C)C)cc3c2B(c2cc4c(cc2N3c2ccc3c(c2)OCCO3)OCCO4)c2oc3ccc(C(C)(C)C)cc3c21. The Morgan fingerprint density at radius 2 is 1.18 bits per heavy atom. The Hall–Kier alpha value is -5.50. The van der Waals surface area contributed by atoms with Gasteiger partial charge in [0, 0.05) is 34.6 Å². The summed E-state index contributed by atoms with van der Waals surface area (Å²) < 4.78 is 32.1. The normalized spacial score (nSPS) is 15.5. The predicted octanol–water partition coefficient (Wildman–Crippen LogP) is 10.4. The number of fused-ring (bicyclic) bond motifs is 8. The average Bonchev–Trinajstić information content (AvgIpc) is 3.55. The molecule has 4 aliphatic heterocycles. The van der Waals surface area contributed by atoms with Gasteiger partial charge in [-0.1, -0.05) is 73.6 Å². The smallest absolute Gasteiger partial charge is 0.297 e. The molecular formula is C49H51BN2O5. The van der Waals surface area contributed by atoms with E-state index in [9.17, 15) is 0 Å². The molecule has 0 saturated heterocycles. The van der Waals surface area contributed by atoms with Crippen LogP contribution >= 0.6 is 0 Å². The van der Waals surface area contributed by atoms with Crippen molar-refractivity contribution in [3.8, 4) is 23.0 Å². The minimum atomic E-state index is -0.221. The molecule has 5 aromatic carbocycles. The standard InChI is InChI=1S/C49H51BN2O5/c1-27(2)30-21-37-44-38(22-30)52(45-28(3)19-32(20-29(45)4)49(8,9)10)46-34-23-31(48(5,6)7)11-13-39(34)57-47(46)50(44)35-25-42-43(56-18-17-55-42)26-36(35)51(37)33-12-14-40-41(24-33)54-16-15-53-40/h11-14,19-27H,15-18H2,1-10H3. The molecule has 7 nitrogen and oxygen atoms in total. The number of hydrogen-bond donors (Lipinski definition) is 0. The Bertz CT molecular complexity index is 2620. The van der Waals surface area contributed by atoms with E-state index in [1.165, 1.54) is 39.0 Å². The van der Waals surface area contributed by atoms with E-state index < -0.39 is 0 Å². The van der Waals surface area contributed by atoms with Gasteiger partial charge >= 0.3 is 0 Å². The minimum Gasteiger partial charge on any atom is -0.486 e. The van der Waals surface area contributed by atoms with Crippen LogP contribution in [0, 0.1) is 13.8 Å². The zero-order chi connectivity index (χ0) is 39.7. The Balaban J connectivity index is 1.34. The Labute approximate surface area is 336 Å². The highest BCUT2D eigenvalue weighted by atomic mass is 16.6. The summed E-state index contributed by atoms with van der Waals surface area (Å²) in [5, 5.41) is 1.12. The quantitative estimate of drug-likeness (QED) is 0.166. The van der Waals surface area contributed by atoms with Gasteiger partial charge in [0.2, 0.25) is 0 Å². The molecule has 6 aromatic rings. The van der Waals surface area contributed by atoms with Crippen molar-refractivity contribution in [2.75, 3.05) is 36.2 Å². The van der Waals surface area contributed by atoms with E-state index in [0.717, 1.165) is 73.5 Å². The van der Waals surface area contributed by atoms with Crippen molar-refractivity contribution < 1.29 is 23.4 Å². The maximum atomic E-state index is 7.24. The zero-order valence-corrected chi connectivity index (χ0v) is 34.8. The van der Waals surface area contributed by atoms with Gasteiger partial charge in [-0.2, -0.15) is 0 Å². The number of anilines is 6. The van der Waals surface area contributed by atoms with Crippen molar-refractivity contribution in [2.45, 2.75) is 86.0 Å². The van der Waals surface area contributed by atoms with Gasteiger partial charge < -0.3 is 33.2 Å². The molecule has 0 atom stereocenters. The van der Waals surface area contributed by atoms with Gasteiger partial charge in [-0.25, -0.2) is 0 Å². The van der Waals surface area contributed by atoms with Gasteiger partial charge in [-0.15, -0.1) is 0 Å². The molecule has 290 valence electrons. The monoisotopic (exact) mass is 758 g/mol. The van der Waals surface area contributed by atoms with Crippen molar-refractivity contribution in [3.05, 3.63) is 101 Å². The minimum absolute atomic E-state index is 0.00560. The van der Waals surface area contributed by atoms with Crippen LogP contribution in [0.25, 0.3) is 11.0 Å². The largest absolute Gasteiger partial charge is 0.486 e. The second-order valence-corrected chi connectivity index (χ2v) is 18.6. The molecule has 0 N–H and O–H groups in total. The highest BCUT2D eigenvalue weighted by Crippen LogP contribution is 2.51. The maximum absolute atomic E-state index is 7.24. The molecule has 8 heteroatoms. The van der Waals surface area contributed by atoms with Crippen LogP contribution in [-0.4, -0.2) is 33.1 Å². The van der Waals surface area contributed by atoms with Crippen molar-refractivity contribution in [2.24, 2.45) is 0 Å². The summed E-state index contributed by atoms with van der Waals surface area (Å²) in [7, 11) is 0. The number of nitrogens with zero attached hydrogens (tertiary/aromatic N) is 2. The highest BCUT2D eigenvalue weighted by molar-refractivity contribution is 7.00. The van der Waals surface area contributed by atoms with Crippen molar-refractivity contribution >= 4 is 68.4 Å². The summed E-state index contributed by atoms with van der Waals surface area (Å²) in [6, 6.07) is 27.0. The molecule has 0 saturated carbocycles. The number of hydrogen-bond acceptors (Lipinski definition) is 7. The summed E-state index contributed by atoms with van der Waals surface area (Å²) in [6.07, 6.45) is 0. The molecule has 10 rings (SSSR count). The fourth-order valence-electron chi connectivity index (χ4n) is 9.26. The maximum Gasteiger partial charge on any atom is 0.297 e. The molecule has 0 bridgehead atoms. The molecular weight excluding hydrogens is 707 g/mol. The van der Waals surface area contributed by atoms with E-state index in [1.54, 1.807) is 0 Å². The first-order valence-corrected chi connectivity index (χ1v) is 20.5. The number of benzene rings is 5. The van der Waals surface area contributed by atoms with Crippen molar-refractivity contribution in [1.29, 1.82) is 0 Å². The molecule has 1 aromatic heterocycles. The number of ether oxygens (including phenoxy) is 4. The lowest BCUT2D eigenvalue weighted by Gasteiger charge is -2.44. The molecule has 57 heavy (non-hydrogen) atoms. The van der Waals surface area contributed by atoms with Crippen LogP contribution in [0.15, 0.2) is 77.2 Å². The topological polar surface area (TPSA) is 56.5 Å². The van der Waals surface area contributed by atoms with Crippen molar-refractivity contribution in [1.82, 2.24) is 0 Å². The molecule has 0 fully saturated rings. The Morgan fingerprint density at radius 3 is 1.81 bits per heavy atom. The van der Waals surface area contributed by atoms with E-state index in [4.69, 9.17) is 23.4 Å². The van der Waals surface area contributed by atoms with Gasteiger partial charge in [0.15, 0.2) is 23.0 Å². The summed E-state index contributed by atoms with van der Waals surface area (Å²) >= 11 is 0.